The Bertz CT molecular complexity index is 312. The molecule has 3 atom stereocenters. The lowest BCUT2D eigenvalue weighted by atomic mass is 10.0. The maximum atomic E-state index is 3.69. The van der Waals surface area contributed by atoms with Crippen molar-refractivity contribution in [3.05, 3.63) is 22.4 Å². The lowest BCUT2D eigenvalue weighted by molar-refractivity contribution is 0.501. The van der Waals surface area contributed by atoms with Gasteiger partial charge in [0, 0.05) is 28.0 Å². The van der Waals surface area contributed by atoms with Crippen LogP contribution in [-0.4, -0.2) is 34.6 Å². The third-order valence-corrected chi connectivity index (χ3v) is 7.12. The van der Waals surface area contributed by atoms with Gasteiger partial charge in [-0.1, -0.05) is 13.8 Å². The molecule has 1 saturated heterocycles. The van der Waals surface area contributed by atoms with Crippen LogP contribution >= 0.6 is 34.9 Å². The Morgan fingerprint density at radius 2 is 2.24 bits per heavy atom. The van der Waals surface area contributed by atoms with E-state index in [1.807, 2.05) is 11.3 Å². The predicted molar refractivity (Wildman–Crippen MR) is 83.7 cm³/mol. The first kappa shape index (κ1) is 13.8. The molecule has 2 rings (SSSR count). The van der Waals surface area contributed by atoms with Crippen LogP contribution in [0, 0.1) is 0 Å². The van der Waals surface area contributed by atoms with E-state index in [4.69, 9.17) is 0 Å². The molecule has 0 spiro atoms. The Kier molecular flexibility index (Phi) is 5.74. The fraction of sp³-hybridized carbons (Fsp3) is 0.692. The Morgan fingerprint density at radius 1 is 1.41 bits per heavy atom. The van der Waals surface area contributed by atoms with Gasteiger partial charge in [-0.05, 0) is 35.4 Å². The predicted octanol–water partition coefficient (Wildman–Crippen LogP) is 3.51. The van der Waals surface area contributed by atoms with E-state index in [0.29, 0.717) is 6.04 Å². The highest BCUT2D eigenvalue weighted by molar-refractivity contribution is 8.07. The second-order valence-corrected chi connectivity index (χ2v) is 7.96. The average molecular weight is 288 g/mol. The van der Waals surface area contributed by atoms with Crippen molar-refractivity contribution in [3.63, 3.8) is 0 Å². The van der Waals surface area contributed by atoms with Crippen molar-refractivity contribution in [2.45, 2.75) is 36.8 Å². The molecule has 1 aromatic rings. The van der Waals surface area contributed by atoms with Gasteiger partial charge in [-0.3, -0.25) is 0 Å². The van der Waals surface area contributed by atoms with Crippen LogP contribution in [0.2, 0.25) is 0 Å². The summed E-state index contributed by atoms with van der Waals surface area (Å²) in [5, 5.41) is 9.70. The molecule has 3 unspecified atom stereocenters. The maximum Gasteiger partial charge on any atom is 0.0320 e. The molecule has 0 aromatic carbocycles. The van der Waals surface area contributed by atoms with Gasteiger partial charge in [0.15, 0.2) is 0 Å². The van der Waals surface area contributed by atoms with Gasteiger partial charge in [0.05, 0.1) is 0 Å². The summed E-state index contributed by atoms with van der Waals surface area (Å²) in [6.07, 6.45) is 1.18. The van der Waals surface area contributed by atoms with Crippen LogP contribution in [0.5, 0.6) is 0 Å². The molecule has 1 aliphatic heterocycles. The van der Waals surface area contributed by atoms with Crippen molar-refractivity contribution in [1.29, 1.82) is 0 Å². The van der Waals surface area contributed by atoms with Crippen molar-refractivity contribution in [1.82, 2.24) is 5.32 Å². The van der Waals surface area contributed by atoms with E-state index in [0.717, 1.165) is 17.0 Å². The molecule has 0 bridgehead atoms. The Hall–Kier alpha value is 0.360. The number of hydrogen-bond acceptors (Lipinski definition) is 4. The molecule has 1 aliphatic rings. The van der Waals surface area contributed by atoms with Gasteiger partial charge in [0.2, 0.25) is 0 Å². The summed E-state index contributed by atoms with van der Waals surface area (Å²) in [6.45, 7) is 5.68. The minimum absolute atomic E-state index is 0.627. The zero-order valence-electron chi connectivity index (χ0n) is 10.5. The fourth-order valence-electron chi connectivity index (χ4n) is 2.32. The van der Waals surface area contributed by atoms with Crippen LogP contribution in [-0.2, 0) is 6.42 Å². The number of thiophene rings is 1. The van der Waals surface area contributed by atoms with Gasteiger partial charge in [0.1, 0.15) is 0 Å². The summed E-state index contributed by atoms with van der Waals surface area (Å²) in [7, 11) is 0. The fourth-order valence-corrected chi connectivity index (χ4v) is 5.96. The molecule has 1 nitrogen and oxygen atoms in total. The molecule has 1 fully saturated rings. The second kappa shape index (κ2) is 7.07. The third-order valence-electron chi connectivity index (χ3n) is 3.14. The second-order valence-electron chi connectivity index (χ2n) is 4.41. The number of hydrogen-bond donors (Lipinski definition) is 1. The maximum absolute atomic E-state index is 3.69. The molecule has 0 amide bonds. The monoisotopic (exact) mass is 287 g/mol. The number of likely N-dealkylation sites (N-methyl/N-ethyl adjacent to an activating group) is 1. The van der Waals surface area contributed by atoms with Crippen LogP contribution in [0.1, 0.15) is 19.4 Å². The Balaban J connectivity index is 1.99. The summed E-state index contributed by atoms with van der Waals surface area (Å²) in [5.41, 5.74) is 1.49. The largest absolute Gasteiger partial charge is 0.313 e. The molecule has 0 saturated carbocycles. The minimum Gasteiger partial charge on any atom is -0.313 e. The normalized spacial score (nSPS) is 26.9. The van der Waals surface area contributed by atoms with E-state index < -0.39 is 0 Å². The van der Waals surface area contributed by atoms with Crippen LogP contribution < -0.4 is 5.32 Å². The SMILES string of the molecule is CCNC(Cc1ccsc1)C1SCCSC1C. The summed E-state index contributed by atoms with van der Waals surface area (Å²) in [6, 6.07) is 2.89. The molecule has 17 heavy (non-hydrogen) atoms. The Labute approximate surface area is 117 Å². The summed E-state index contributed by atoms with van der Waals surface area (Å²) >= 11 is 6.10. The quantitative estimate of drug-likeness (QED) is 0.890. The Morgan fingerprint density at radius 3 is 2.88 bits per heavy atom. The molecule has 1 aromatic heterocycles. The van der Waals surface area contributed by atoms with Crippen molar-refractivity contribution in [2.24, 2.45) is 0 Å². The van der Waals surface area contributed by atoms with Crippen LogP contribution in [0.25, 0.3) is 0 Å². The molecular formula is C13H21NS3. The van der Waals surface area contributed by atoms with Gasteiger partial charge in [0.25, 0.3) is 0 Å². The van der Waals surface area contributed by atoms with E-state index in [1.54, 1.807) is 0 Å². The highest BCUT2D eigenvalue weighted by Crippen LogP contribution is 2.34. The van der Waals surface area contributed by atoms with E-state index in [9.17, 15) is 0 Å². The highest BCUT2D eigenvalue weighted by Gasteiger charge is 2.29. The molecule has 1 N–H and O–H groups in total. The zero-order valence-corrected chi connectivity index (χ0v) is 13.0. The standard InChI is InChI=1S/C13H21NS3/c1-3-14-12(8-11-4-5-15-9-11)13-10(2)16-6-7-17-13/h4-5,9-10,12-14H,3,6-8H2,1-2H3. The van der Waals surface area contributed by atoms with Gasteiger partial charge in [-0.2, -0.15) is 34.9 Å². The van der Waals surface area contributed by atoms with Gasteiger partial charge >= 0.3 is 0 Å². The lowest BCUT2D eigenvalue weighted by Crippen LogP contribution is -2.45. The van der Waals surface area contributed by atoms with Crippen LogP contribution in [0.3, 0.4) is 0 Å². The molecule has 0 radical (unpaired) electrons. The first-order valence-electron chi connectivity index (χ1n) is 6.29. The van der Waals surface area contributed by atoms with Gasteiger partial charge in [-0.25, -0.2) is 0 Å². The molecule has 96 valence electrons. The molecule has 2 heterocycles. The summed E-state index contributed by atoms with van der Waals surface area (Å²) in [5.74, 6) is 2.63. The van der Waals surface area contributed by atoms with E-state index in [1.165, 1.54) is 23.5 Å². The lowest BCUT2D eigenvalue weighted by Gasteiger charge is -2.35. The summed E-state index contributed by atoms with van der Waals surface area (Å²) in [4.78, 5) is 0. The van der Waals surface area contributed by atoms with Crippen LogP contribution in [0.15, 0.2) is 16.8 Å². The smallest absolute Gasteiger partial charge is 0.0320 e. The van der Waals surface area contributed by atoms with E-state index in [2.05, 4.69) is 59.5 Å². The van der Waals surface area contributed by atoms with E-state index in [-0.39, 0.29) is 0 Å². The molecule has 0 aliphatic carbocycles. The summed E-state index contributed by atoms with van der Waals surface area (Å²) < 4.78 is 0. The van der Waals surface area contributed by atoms with Crippen molar-refractivity contribution < 1.29 is 0 Å². The van der Waals surface area contributed by atoms with Gasteiger partial charge < -0.3 is 5.32 Å². The van der Waals surface area contributed by atoms with Crippen molar-refractivity contribution in [2.75, 3.05) is 18.1 Å². The van der Waals surface area contributed by atoms with E-state index >= 15 is 0 Å². The van der Waals surface area contributed by atoms with Crippen molar-refractivity contribution >= 4 is 34.9 Å². The minimum atomic E-state index is 0.627. The number of thioether (sulfide) groups is 2. The molecule has 4 heteroatoms. The molecular weight excluding hydrogens is 266 g/mol. The topological polar surface area (TPSA) is 12.0 Å². The zero-order chi connectivity index (χ0) is 12.1. The van der Waals surface area contributed by atoms with Crippen molar-refractivity contribution in [3.8, 4) is 0 Å². The van der Waals surface area contributed by atoms with Crippen LogP contribution in [0.4, 0.5) is 0 Å². The first-order chi connectivity index (χ1) is 8.31. The highest BCUT2D eigenvalue weighted by atomic mass is 32.2. The van der Waals surface area contributed by atoms with Gasteiger partial charge in [-0.15, -0.1) is 0 Å². The third kappa shape index (κ3) is 3.91. The first-order valence-corrected chi connectivity index (χ1v) is 9.33. The average Bonchev–Trinajstić information content (AvgIpc) is 2.82. The number of rotatable bonds is 5. The number of nitrogens with one attached hydrogen (secondary N) is 1.